The Bertz CT molecular complexity index is 1570. The number of unbranched alkanes of at least 4 members (excludes halogenated alkanes) is 3. The molecule has 8 N–H and O–H groups in total. The molecule has 0 radical (unpaired) electrons. The number of nitrogens with zero attached hydrogens (tertiary/aromatic N) is 4. The third-order valence-corrected chi connectivity index (χ3v) is 12.6. The Labute approximate surface area is 361 Å². The summed E-state index contributed by atoms with van der Waals surface area (Å²) in [5, 5.41) is 50.7. The Morgan fingerprint density at radius 3 is 1.79 bits per heavy atom. The largest absolute Gasteiger partial charge is 0.480 e. The summed E-state index contributed by atoms with van der Waals surface area (Å²) in [6.07, 6.45) is 6.62. The molecule has 3 aliphatic heterocycles. The molecule has 3 fully saturated rings. The van der Waals surface area contributed by atoms with Crippen molar-refractivity contribution in [1.29, 1.82) is 0 Å². The number of carboxylic acid groups (broad SMARTS) is 4. The van der Waals surface area contributed by atoms with Crippen LogP contribution in [-0.2, 0) is 35.2 Å². The zero-order valence-electron chi connectivity index (χ0n) is 34.9. The van der Waals surface area contributed by atoms with Gasteiger partial charge in [0.1, 0.15) is 0 Å². The zero-order valence-corrected chi connectivity index (χ0v) is 35.7. The van der Waals surface area contributed by atoms with Crippen LogP contribution in [0.1, 0.15) is 63.4 Å². The smallest absolute Gasteiger partial charge is 0.317 e. The van der Waals surface area contributed by atoms with Crippen LogP contribution < -0.4 is 21.3 Å². The third kappa shape index (κ3) is 19.4. The van der Waals surface area contributed by atoms with E-state index in [1.807, 2.05) is 23.9 Å². The number of carboxylic acids is 4. The first-order chi connectivity index (χ1) is 29.2. The molecule has 0 bridgehead atoms. The van der Waals surface area contributed by atoms with Crippen molar-refractivity contribution in [2.45, 2.75) is 81.5 Å². The molecule has 0 spiro atoms. The van der Waals surface area contributed by atoms with Crippen molar-refractivity contribution in [3.05, 3.63) is 29.8 Å². The summed E-state index contributed by atoms with van der Waals surface area (Å²) in [6, 6.07) is 7.60. The maximum atomic E-state index is 12.7. The molecule has 3 atom stereocenters. The van der Waals surface area contributed by atoms with Crippen molar-refractivity contribution in [2.75, 3.05) is 96.2 Å². The molecule has 3 heterocycles. The zero-order chi connectivity index (χ0) is 44.1. The maximum Gasteiger partial charge on any atom is 0.317 e. The number of benzene rings is 1. The number of hydrogen-bond acceptors (Lipinski definition) is 12. The highest BCUT2D eigenvalue weighted by molar-refractivity contribution is 8.00. The summed E-state index contributed by atoms with van der Waals surface area (Å²) in [4.78, 5) is 90.6. The van der Waals surface area contributed by atoms with Gasteiger partial charge in [0.25, 0.3) is 0 Å². The number of amides is 4. The lowest BCUT2D eigenvalue weighted by Gasteiger charge is -2.34. The molecule has 19 nitrogen and oxygen atoms in total. The van der Waals surface area contributed by atoms with E-state index >= 15 is 0 Å². The highest BCUT2D eigenvalue weighted by Crippen LogP contribution is 2.33. The fraction of sp³-hybridized carbons (Fsp3) is 0.683. The molecule has 0 aliphatic carbocycles. The molecule has 4 amide bonds. The van der Waals surface area contributed by atoms with Gasteiger partial charge in [0.05, 0.1) is 38.3 Å². The summed E-state index contributed by atoms with van der Waals surface area (Å²) in [5.74, 6) is -3.58. The van der Waals surface area contributed by atoms with Crippen molar-refractivity contribution in [2.24, 2.45) is 5.92 Å². The molecular weight excluding hydrogens is 813 g/mol. The van der Waals surface area contributed by atoms with Crippen molar-refractivity contribution in [3.63, 3.8) is 0 Å². The second-order valence-corrected chi connectivity index (χ2v) is 17.6. The number of thioether (sulfide) groups is 1. The molecule has 1 aromatic rings. The van der Waals surface area contributed by atoms with Gasteiger partial charge in [-0.25, -0.2) is 4.79 Å². The Hall–Kier alpha value is -4.50. The molecule has 20 heteroatoms. The second kappa shape index (κ2) is 26.1. The van der Waals surface area contributed by atoms with Gasteiger partial charge in [-0.05, 0) is 62.1 Å². The Balaban J connectivity index is 1.24. The molecule has 3 saturated heterocycles. The lowest BCUT2D eigenvalue weighted by atomic mass is 9.97. The van der Waals surface area contributed by atoms with Crippen molar-refractivity contribution < 1.29 is 54.0 Å². The number of rotatable bonds is 22. The lowest BCUT2D eigenvalue weighted by Crippen LogP contribution is -2.47. The van der Waals surface area contributed by atoms with Gasteiger partial charge < -0.3 is 41.7 Å². The SMILES string of the molecule is O=C(O)CN1CCCN(CC(=O)O)CCN(CC(=O)O)CC(Cc2ccc(NC(=O)CCCCCNC(=O)CCCCC3SCC4NC(=O)NC43)cc2)CN(CC(=O)O)CC1. The minimum Gasteiger partial charge on any atom is -0.480 e. The normalized spacial score (nSPS) is 21.4. The van der Waals surface area contributed by atoms with Gasteiger partial charge in [0.2, 0.25) is 11.8 Å². The highest BCUT2D eigenvalue weighted by atomic mass is 32.2. The molecule has 0 aromatic heterocycles. The van der Waals surface area contributed by atoms with Gasteiger partial charge in [-0.1, -0.05) is 25.0 Å². The number of fused-ring (bicyclic) bond motifs is 1. The van der Waals surface area contributed by atoms with Crippen molar-refractivity contribution in [3.8, 4) is 0 Å². The van der Waals surface area contributed by atoms with Crippen LogP contribution in [0, 0.1) is 5.92 Å². The summed E-state index contributed by atoms with van der Waals surface area (Å²) >= 11 is 1.87. The monoisotopic (exact) mass is 876 g/mol. The predicted octanol–water partition coefficient (Wildman–Crippen LogP) is 1.14. The first kappa shape index (κ1) is 49.2. The Morgan fingerprint density at radius 1 is 0.656 bits per heavy atom. The molecule has 1 aromatic carbocycles. The van der Waals surface area contributed by atoms with Crippen molar-refractivity contribution in [1.82, 2.24) is 35.6 Å². The number of aliphatic carboxylic acids is 4. The maximum absolute atomic E-state index is 12.7. The van der Waals surface area contributed by atoms with E-state index in [0.717, 1.165) is 43.4 Å². The van der Waals surface area contributed by atoms with Crippen LogP contribution in [0.2, 0.25) is 0 Å². The van der Waals surface area contributed by atoms with Crippen LogP contribution in [-0.4, -0.2) is 190 Å². The topological polar surface area (TPSA) is 261 Å². The number of carbonyl (C=O) groups excluding carboxylic acids is 3. The number of hydrogen-bond donors (Lipinski definition) is 8. The number of carbonyl (C=O) groups is 7. The molecule has 0 saturated carbocycles. The summed E-state index contributed by atoms with van der Waals surface area (Å²) in [5.41, 5.74) is 1.50. The first-order valence-corrected chi connectivity index (χ1v) is 22.4. The number of nitrogens with one attached hydrogen (secondary N) is 4. The minimum atomic E-state index is -1.04. The predicted molar refractivity (Wildman–Crippen MR) is 229 cm³/mol. The molecule has 4 rings (SSSR count). The fourth-order valence-electron chi connectivity index (χ4n) is 8.23. The van der Waals surface area contributed by atoms with E-state index in [-0.39, 0.29) is 101 Å². The molecular formula is C41H64N8O11S. The average molecular weight is 877 g/mol. The van der Waals surface area contributed by atoms with Crippen LogP contribution in [0.25, 0.3) is 0 Å². The van der Waals surface area contributed by atoms with E-state index in [4.69, 9.17) is 0 Å². The first-order valence-electron chi connectivity index (χ1n) is 21.3. The van der Waals surface area contributed by atoms with Crippen molar-refractivity contribution >= 4 is 59.2 Å². The van der Waals surface area contributed by atoms with Gasteiger partial charge >= 0.3 is 29.9 Å². The lowest BCUT2D eigenvalue weighted by molar-refractivity contribution is -0.141. The molecule has 61 heavy (non-hydrogen) atoms. The number of urea groups is 1. The molecule has 3 aliphatic rings. The fourth-order valence-corrected chi connectivity index (χ4v) is 9.78. The van der Waals surface area contributed by atoms with Crippen LogP contribution in [0.4, 0.5) is 10.5 Å². The standard InChI is InChI=1S/C41H64N8O11S/c50-34(8-4-3-7-33-40-32(28-61-33)44-41(60)45-40)42-14-5-1-2-9-35(51)43-31-12-10-29(11-13-31)21-30-22-48(26-38(56)57)19-17-46(24-36(52)53)15-6-16-47(25-37(54)55)18-20-49(23-30)27-39(58)59/h10-13,30,32-33,40H,1-9,14-28H2,(H,42,50)(H,43,51)(H,52,53)(H,54,55)(H,56,57)(H,58,59)(H2,44,45,60). The van der Waals surface area contributed by atoms with E-state index in [0.29, 0.717) is 62.7 Å². The average Bonchev–Trinajstić information content (AvgIpc) is 3.74. The molecule has 340 valence electrons. The number of anilines is 1. The van der Waals surface area contributed by atoms with E-state index in [1.165, 1.54) is 0 Å². The van der Waals surface area contributed by atoms with E-state index in [9.17, 15) is 54.0 Å². The second-order valence-electron chi connectivity index (χ2n) is 16.3. The van der Waals surface area contributed by atoms with Gasteiger partial charge in [0.15, 0.2) is 0 Å². The summed E-state index contributed by atoms with van der Waals surface area (Å²) in [7, 11) is 0. The van der Waals surface area contributed by atoms with E-state index in [2.05, 4.69) is 21.3 Å². The highest BCUT2D eigenvalue weighted by Gasteiger charge is 2.42. The van der Waals surface area contributed by atoms with Gasteiger partial charge in [0, 0.05) is 88.4 Å². The minimum absolute atomic E-state index is 0.0231. The van der Waals surface area contributed by atoms with Crippen LogP contribution in [0.15, 0.2) is 24.3 Å². The Morgan fingerprint density at radius 2 is 1.20 bits per heavy atom. The Kier molecular flexibility index (Phi) is 21.0. The quantitative estimate of drug-likeness (QED) is 0.0600. The van der Waals surface area contributed by atoms with Gasteiger partial charge in [-0.3, -0.25) is 48.4 Å². The summed E-state index contributed by atoms with van der Waals surface area (Å²) < 4.78 is 0. The van der Waals surface area contributed by atoms with Crippen LogP contribution in [0.5, 0.6) is 0 Å². The van der Waals surface area contributed by atoms with E-state index < -0.39 is 23.9 Å². The van der Waals surface area contributed by atoms with Crippen LogP contribution >= 0.6 is 11.8 Å². The third-order valence-electron chi connectivity index (χ3n) is 11.1. The van der Waals surface area contributed by atoms with Gasteiger partial charge in [-0.2, -0.15) is 11.8 Å². The van der Waals surface area contributed by atoms with E-state index in [1.54, 1.807) is 31.7 Å². The summed E-state index contributed by atoms with van der Waals surface area (Å²) in [6.45, 7) is 1.85. The van der Waals surface area contributed by atoms with Gasteiger partial charge in [-0.15, -0.1) is 0 Å². The van der Waals surface area contributed by atoms with Crippen LogP contribution in [0.3, 0.4) is 0 Å². The molecule has 3 unspecified atom stereocenters.